The van der Waals surface area contributed by atoms with E-state index in [4.69, 9.17) is 0 Å². The zero-order valence-electron chi connectivity index (χ0n) is 18.7. The standard InChI is InChI=1S/C25H32N4OS/c1-4-14-26-24(30)13-9-8-12-23-27-28-25(29(23)22-10-6-5-7-11-22)31-18-21-16-19(2)15-20(3)17-21/h5-7,10-11,15-17H,4,8-9,12-14,18H2,1-3H3,(H,26,30). The molecule has 0 aliphatic rings. The van der Waals surface area contributed by atoms with Crippen LogP contribution >= 0.6 is 11.8 Å². The van der Waals surface area contributed by atoms with E-state index in [1.807, 2.05) is 18.2 Å². The van der Waals surface area contributed by atoms with Crippen LogP contribution in [0.1, 0.15) is 55.1 Å². The molecule has 31 heavy (non-hydrogen) atoms. The molecule has 0 bridgehead atoms. The highest BCUT2D eigenvalue weighted by Gasteiger charge is 2.15. The number of aromatic nitrogens is 3. The molecule has 1 aromatic heterocycles. The number of carbonyl (C=O) groups excluding carboxylic acids is 1. The molecule has 2 aromatic carbocycles. The molecule has 0 aliphatic heterocycles. The maximum Gasteiger partial charge on any atom is 0.219 e. The van der Waals surface area contributed by atoms with Gasteiger partial charge < -0.3 is 5.32 Å². The summed E-state index contributed by atoms with van der Waals surface area (Å²) in [6.45, 7) is 7.08. The van der Waals surface area contributed by atoms with E-state index in [1.165, 1.54) is 16.7 Å². The molecule has 0 spiro atoms. The fourth-order valence-electron chi connectivity index (χ4n) is 3.61. The van der Waals surface area contributed by atoms with Crippen molar-refractivity contribution in [2.24, 2.45) is 0 Å². The number of aryl methyl sites for hydroxylation is 3. The van der Waals surface area contributed by atoms with E-state index < -0.39 is 0 Å². The van der Waals surface area contributed by atoms with Crippen molar-refractivity contribution in [2.75, 3.05) is 6.54 Å². The molecule has 3 rings (SSSR count). The Labute approximate surface area is 189 Å². The number of thioether (sulfide) groups is 1. The van der Waals surface area contributed by atoms with Crippen LogP contribution in [0, 0.1) is 13.8 Å². The summed E-state index contributed by atoms with van der Waals surface area (Å²) in [5.74, 6) is 1.93. The van der Waals surface area contributed by atoms with E-state index in [2.05, 4.69) is 71.2 Å². The Morgan fingerprint density at radius 2 is 1.77 bits per heavy atom. The summed E-state index contributed by atoms with van der Waals surface area (Å²) in [5.41, 5.74) is 4.93. The average Bonchev–Trinajstić information content (AvgIpc) is 3.16. The van der Waals surface area contributed by atoms with Crippen LogP contribution < -0.4 is 5.32 Å². The minimum atomic E-state index is 0.135. The Morgan fingerprint density at radius 1 is 1.03 bits per heavy atom. The summed E-state index contributed by atoms with van der Waals surface area (Å²) >= 11 is 1.71. The first kappa shape index (κ1) is 23.1. The van der Waals surface area contributed by atoms with Crippen molar-refractivity contribution in [3.05, 3.63) is 71.0 Å². The van der Waals surface area contributed by atoms with E-state index in [0.29, 0.717) is 6.42 Å². The number of amides is 1. The van der Waals surface area contributed by atoms with Gasteiger partial charge in [0, 0.05) is 30.8 Å². The highest BCUT2D eigenvalue weighted by atomic mass is 32.2. The zero-order chi connectivity index (χ0) is 22.1. The predicted octanol–water partition coefficient (Wildman–Crippen LogP) is 5.42. The second-order valence-corrected chi connectivity index (χ2v) is 8.85. The number of benzene rings is 2. The summed E-state index contributed by atoms with van der Waals surface area (Å²) in [6.07, 6.45) is 4.09. The number of para-hydroxylation sites is 1. The number of carbonyl (C=O) groups is 1. The van der Waals surface area contributed by atoms with Crippen LogP contribution in [0.3, 0.4) is 0 Å². The van der Waals surface area contributed by atoms with Crippen LogP contribution in [0.2, 0.25) is 0 Å². The van der Waals surface area contributed by atoms with Gasteiger partial charge in [0.25, 0.3) is 0 Å². The Hall–Kier alpha value is -2.60. The molecule has 1 amide bonds. The van der Waals surface area contributed by atoms with Crippen molar-refractivity contribution < 1.29 is 4.79 Å². The van der Waals surface area contributed by atoms with Crippen molar-refractivity contribution in [1.29, 1.82) is 0 Å². The third-order valence-corrected chi connectivity index (χ3v) is 5.99. The number of hydrogen-bond donors (Lipinski definition) is 1. The molecule has 0 saturated carbocycles. The summed E-state index contributed by atoms with van der Waals surface area (Å²) in [6, 6.07) is 16.9. The molecular formula is C25H32N4OS. The lowest BCUT2D eigenvalue weighted by Gasteiger charge is -2.11. The maximum absolute atomic E-state index is 11.8. The smallest absolute Gasteiger partial charge is 0.219 e. The SMILES string of the molecule is CCCNC(=O)CCCCc1nnc(SCc2cc(C)cc(C)c2)n1-c1ccccc1. The highest BCUT2D eigenvalue weighted by Crippen LogP contribution is 2.26. The van der Waals surface area contributed by atoms with Crippen LogP contribution in [0.5, 0.6) is 0 Å². The Kier molecular flexibility index (Phi) is 8.71. The third-order valence-electron chi connectivity index (χ3n) is 4.99. The molecule has 164 valence electrons. The summed E-state index contributed by atoms with van der Waals surface area (Å²) in [7, 11) is 0. The molecule has 0 aliphatic carbocycles. The normalized spacial score (nSPS) is 10.9. The van der Waals surface area contributed by atoms with Crippen molar-refractivity contribution >= 4 is 17.7 Å². The van der Waals surface area contributed by atoms with Crippen LogP contribution in [0.15, 0.2) is 53.7 Å². The van der Waals surface area contributed by atoms with Gasteiger partial charge in [0.05, 0.1) is 0 Å². The first-order valence-electron chi connectivity index (χ1n) is 11.0. The number of nitrogens with zero attached hydrogens (tertiary/aromatic N) is 3. The summed E-state index contributed by atoms with van der Waals surface area (Å²) in [5, 5.41) is 12.8. The van der Waals surface area contributed by atoms with Crippen LogP contribution in [-0.4, -0.2) is 27.2 Å². The van der Waals surface area contributed by atoms with Gasteiger partial charge in [-0.25, -0.2) is 0 Å². The van der Waals surface area contributed by atoms with E-state index in [0.717, 1.165) is 54.6 Å². The van der Waals surface area contributed by atoms with Crippen molar-refractivity contribution in [1.82, 2.24) is 20.1 Å². The van der Waals surface area contributed by atoms with Gasteiger partial charge in [-0.2, -0.15) is 0 Å². The van der Waals surface area contributed by atoms with Gasteiger partial charge in [-0.3, -0.25) is 9.36 Å². The Morgan fingerprint density at radius 3 is 2.48 bits per heavy atom. The highest BCUT2D eigenvalue weighted by molar-refractivity contribution is 7.98. The van der Waals surface area contributed by atoms with E-state index in [9.17, 15) is 4.79 Å². The molecule has 3 aromatic rings. The molecule has 5 nitrogen and oxygen atoms in total. The largest absolute Gasteiger partial charge is 0.356 e. The number of unbranched alkanes of at least 4 members (excludes halogenated alkanes) is 1. The van der Waals surface area contributed by atoms with Gasteiger partial charge >= 0.3 is 0 Å². The van der Waals surface area contributed by atoms with Crippen molar-refractivity contribution in [3.8, 4) is 5.69 Å². The lowest BCUT2D eigenvalue weighted by molar-refractivity contribution is -0.121. The summed E-state index contributed by atoms with van der Waals surface area (Å²) in [4.78, 5) is 11.8. The molecular weight excluding hydrogens is 404 g/mol. The monoisotopic (exact) mass is 436 g/mol. The average molecular weight is 437 g/mol. The van der Waals surface area contributed by atoms with E-state index in [1.54, 1.807) is 11.8 Å². The Bertz CT molecular complexity index is 964. The topological polar surface area (TPSA) is 59.8 Å². The lowest BCUT2D eigenvalue weighted by Crippen LogP contribution is -2.23. The van der Waals surface area contributed by atoms with Crippen molar-refractivity contribution in [2.45, 2.75) is 63.8 Å². The number of rotatable bonds is 11. The Balaban J connectivity index is 1.68. The van der Waals surface area contributed by atoms with Gasteiger partial charge in [0.1, 0.15) is 5.82 Å². The first-order valence-corrected chi connectivity index (χ1v) is 12.0. The minimum absolute atomic E-state index is 0.135. The predicted molar refractivity (Wildman–Crippen MR) is 128 cm³/mol. The maximum atomic E-state index is 11.8. The molecule has 0 unspecified atom stereocenters. The van der Waals surface area contributed by atoms with Gasteiger partial charge in [0.15, 0.2) is 5.16 Å². The van der Waals surface area contributed by atoms with Gasteiger partial charge in [0.2, 0.25) is 5.91 Å². The van der Waals surface area contributed by atoms with Gasteiger partial charge in [-0.1, -0.05) is 66.2 Å². The molecule has 1 heterocycles. The lowest BCUT2D eigenvalue weighted by atomic mass is 10.1. The minimum Gasteiger partial charge on any atom is -0.356 e. The fraction of sp³-hybridized carbons (Fsp3) is 0.400. The molecule has 6 heteroatoms. The van der Waals surface area contributed by atoms with Crippen molar-refractivity contribution in [3.63, 3.8) is 0 Å². The third kappa shape index (κ3) is 6.96. The quantitative estimate of drug-likeness (QED) is 0.322. The fourth-order valence-corrected chi connectivity index (χ4v) is 4.51. The number of nitrogens with one attached hydrogen (secondary N) is 1. The molecule has 0 fully saturated rings. The van der Waals surface area contributed by atoms with Crippen LogP contribution in [-0.2, 0) is 17.0 Å². The van der Waals surface area contributed by atoms with Crippen LogP contribution in [0.25, 0.3) is 5.69 Å². The van der Waals surface area contributed by atoms with Crippen LogP contribution in [0.4, 0.5) is 0 Å². The van der Waals surface area contributed by atoms with Gasteiger partial charge in [-0.05, 0) is 50.8 Å². The number of hydrogen-bond acceptors (Lipinski definition) is 4. The summed E-state index contributed by atoms with van der Waals surface area (Å²) < 4.78 is 2.16. The molecule has 1 N–H and O–H groups in total. The molecule has 0 saturated heterocycles. The molecule has 0 atom stereocenters. The first-order chi connectivity index (χ1) is 15.1. The van der Waals surface area contributed by atoms with E-state index in [-0.39, 0.29) is 5.91 Å². The second-order valence-electron chi connectivity index (χ2n) is 7.91. The van der Waals surface area contributed by atoms with Gasteiger partial charge in [-0.15, -0.1) is 10.2 Å². The second kappa shape index (κ2) is 11.7. The zero-order valence-corrected chi connectivity index (χ0v) is 19.5. The van der Waals surface area contributed by atoms with E-state index >= 15 is 0 Å². The molecule has 0 radical (unpaired) electrons.